The third-order valence-corrected chi connectivity index (χ3v) is 4.29. The number of nitrogens with one attached hydrogen (secondary N) is 1. The molecule has 1 aliphatic heterocycles. The van der Waals surface area contributed by atoms with E-state index in [2.05, 4.69) is 49.0 Å². The zero-order valence-electron chi connectivity index (χ0n) is 15.9. The molecule has 25 heavy (non-hydrogen) atoms. The lowest BCUT2D eigenvalue weighted by Crippen LogP contribution is -2.51. The minimum atomic E-state index is 0. The van der Waals surface area contributed by atoms with Crippen molar-refractivity contribution >= 4 is 18.3 Å². The van der Waals surface area contributed by atoms with Gasteiger partial charge in [0.1, 0.15) is 0 Å². The highest BCUT2D eigenvalue weighted by Crippen LogP contribution is 2.21. The molecule has 1 fully saturated rings. The number of hydrogen-bond acceptors (Lipinski definition) is 4. The minimum Gasteiger partial charge on any atom is -0.341 e. The van der Waals surface area contributed by atoms with E-state index < -0.39 is 0 Å². The van der Waals surface area contributed by atoms with Crippen LogP contribution in [-0.4, -0.2) is 60.0 Å². The zero-order valence-corrected chi connectivity index (χ0v) is 16.8. The van der Waals surface area contributed by atoms with Gasteiger partial charge in [-0.3, -0.25) is 14.7 Å². The number of hydrogen-bond donors (Lipinski definition) is 1. The monoisotopic (exact) mass is 368 g/mol. The van der Waals surface area contributed by atoms with Crippen LogP contribution in [0.1, 0.15) is 39.3 Å². The third kappa shape index (κ3) is 6.92. The Morgan fingerprint density at radius 3 is 2.56 bits per heavy atom. The lowest BCUT2D eigenvalue weighted by molar-refractivity contribution is -0.134. The number of pyridine rings is 1. The molecule has 0 radical (unpaired) electrons. The van der Waals surface area contributed by atoms with Gasteiger partial charge in [0.15, 0.2) is 0 Å². The van der Waals surface area contributed by atoms with Crippen LogP contribution in [0.15, 0.2) is 24.5 Å². The molecule has 0 bridgehead atoms. The quantitative estimate of drug-likeness (QED) is 0.803. The number of rotatable bonds is 7. The largest absolute Gasteiger partial charge is 0.341 e. The summed E-state index contributed by atoms with van der Waals surface area (Å²) in [6, 6.07) is 4.28. The van der Waals surface area contributed by atoms with Crippen molar-refractivity contribution < 1.29 is 4.79 Å². The van der Waals surface area contributed by atoms with E-state index in [1.807, 2.05) is 17.2 Å². The second kappa shape index (κ2) is 10.7. The Morgan fingerprint density at radius 2 is 2.00 bits per heavy atom. The summed E-state index contributed by atoms with van der Waals surface area (Å²) >= 11 is 0. The molecule has 1 unspecified atom stereocenters. The summed E-state index contributed by atoms with van der Waals surface area (Å²) in [6.07, 6.45) is 3.71. The Kier molecular flexibility index (Phi) is 9.39. The summed E-state index contributed by atoms with van der Waals surface area (Å²) in [5.74, 6) is 1.22. The van der Waals surface area contributed by atoms with Crippen molar-refractivity contribution in [1.82, 2.24) is 20.1 Å². The normalized spacial score (nSPS) is 18.2. The average molecular weight is 369 g/mol. The highest BCUT2D eigenvalue weighted by Gasteiger charge is 2.27. The number of carbonyl (C=O) groups is 1. The molecule has 1 atom stereocenters. The van der Waals surface area contributed by atoms with E-state index in [-0.39, 0.29) is 24.4 Å². The molecule has 0 aromatic carbocycles. The van der Waals surface area contributed by atoms with Gasteiger partial charge in [-0.1, -0.05) is 33.8 Å². The van der Waals surface area contributed by atoms with Crippen LogP contribution in [0.25, 0.3) is 0 Å². The first-order valence-corrected chi connectivity index (χ1v) is 9.09. The summed E-state index contributed by atoms with van der Waals surface area (Å²) < 4.78 is 0. The lowest BCUT2D eigenvalue weighted by Gasteiger charge is -2.37. The third-order valence-electron chi connectivity index (χ3n) is 4.29. The Labute approximate surface area is 158 Å². The molecule has 1 amide bonds. The van der Waals surface area contributed by atoms with Crippen LogP contribution < -0.4 is 5.32 Å². The van der Waals surface area contributed by atoms with Crippen molar-refractivity contribution in [2.75, 3.05) is 39.3 Å². The fraction of sp³-hybridized carbons (Fsp3) is 0.684. The number of nitrogens with zero attached hydrogens (tertiary/aromatic N) is 3. The molecule has 1 aromatic heterocycles. The SMILES string of the molecule is CC(C)CN(CC(C)C)C(=O)CN1CCNCC1c1cccnc1.Cl. The lowest BCUT2D eigenvalue weighted by atomic mass is 10.1. The summed E-state index contributed by atoms with van der Waals surface area (Å²) in [7, 11) is 0. The van der Waals surface area contributed by atoms with E-state index >= 15 is 0 Å². The molecule has 5 nitrogen and oxygen atoms in total. The molecule has 142 valence electrons. The van der Waals surface area contributed by atoms with Gasteiger partial charge in [-0.25, -0.2) is 0 Å². The molecule has 1 aromatic rings. The molecule has 2 rings (SSSR count). The van der Waals surface area contributed by atoms with Crippen LogP contribution in [-0.2, 0) is 4.79 Å². The second-order valence-corrected chi connectivity index (χ2v) is 7.56. The van der Waals surface area contributed by atoms with Gasteiger partial charge < -0.3 is 10.2 Å². The highest BCUT2D eigenvalue weighted by molar-refractivity contribution is 5.85. The first kappa shape index (κ1) is 21.9. The van der Waals surface area contributed by atoms with Gasteiger partial charge >= 0.3 is 0 Å². The number of aromatic nitrogens is 1. The van der Waals surface area contributed by atoms with Crippen molar-refractivity contribution in [3.8, 4) is 0 Å². The number of halogens is 1. The van der Waals surface area contributed by atoms with Crippen LogP contribution >= 0.6 is 12.4 Å². The summed E-state index contributed by atoms with van der Waals surface area (Å²) in [5.41, 5.74) is 1.18. The predicted octanol–water partition coefficient (Wildman–Crippen LogP) is 2.59. The molecule has 6 heteroatoms. The van der Waals surface area contributed by atoms with Crippen molar-refractivity contribution in [3.63, 3.8) is 0 Å². The van der Waals surface area contributed by atoms with E-state index in [0.29, 0.717) is 18.4 Å². The molecular formula is C19H33ClN4O. The molecule has 1 N–H and O–H groups in total. The number of carbonyl (C=O) groups excluding carboxylic acids is 1. The minimum absolute atomic E-state index is 0. The fourth-order valence-corrected chi connectivity index (χ4v) is 3.27. The molecular weight excluding hydrogens is 336 g/mol. The molecule has 0 saturated carbocycles. The van der Waals surface area contributed by atoms with Gasteiger partial charge in [0, 0.05) is 51.2 Å². The van der Waals surface area contributed by atoms with E-state index in [4.69, 9.17) is 0 Å². The van der Waals surface area contributed by atoms with E-state index in [0.717, 1.165) is 32.7 Å². The Hall–Kier alpha value is -1.17. The Morgan fingerprint density at radius 1 is 1.32 bits per heavy atom. The van der Waals surface area contributed by atoms with Crippen LogP contribution in [0, 0.1) is 11.8 Å². The van der Waals surface area contributed by atoms with E-state index in [1.165, 1.54) is 5.56 Å². The van der Waals surface area contributed by atoms with Crippen LogP contribution in [0.3, 0.4) is 0 Å². The average Bonchev–Trinajstić information content (AvgIpc) is 2.54. The Balaban J connectivity index is 0.00000312. The van der Waals surface area contributed by atoms with Gasteiger partial charge in [-0.2, -0.15) is 0 Å². The molecule has 0 aliphatic carbocycles. The van der Waals surface area contributed by atoms with Crippen molar-refractivity contribution in [3.05, 3.63) is 30.1 Å². The first-order valence-electron chi connectivity index (χ1n) is 9.09. The Bertz CT molecular complexity index is 499. The van der Waals surface area contributed by atoms with Crippen LogP contribution in [0.5, 0.6) is 0 Å². The number of piperazine rings is 1. The van der Waals surface area contributed by atoms with Gasteiger partial charge in [0.25, 0.3) is 0 Å². The topological polar surface area (TPSA) is 48.5 Å². The van der Waals surface area contributed by atoms with Gasteiger partial charge in [0.2, 0.25) is 5.91 Å². The van der Waals surface area contributed by atoms with E-state index in [9.17, 15) is 4.79 Å². The van der Waals surface area contributed by atoms with Crippen molar-refractivity contribution in [2.24, 2.45) is 11.8 Å². The van der Waals surface area contributed by atoms with Crippen LogP contribution in [0.2, 0.25) is 0 Å². The predicted molar refractivity (Wildman–Crippen MR) is 105 cm³/mol. The van der Waals surface area contributed by atoms with Crippen molar-refractivity contribution in [1.29, 1.82) is 0 Å². The molecule has 1 saturated heterocycles. The number of amides is 1. The van der Waals surface area contributed by atoms with Gasteiger partial charge in [-0.05, 0) is 23.5 Å². The molecule has 2 heterocycles. The second-order valence-electron chi connectivity index (χ2n) is 7.56. The molecule has 1 aliphatic rings. The van der Waals surface area contributed by atoms with Crippen LogP contribution in [0.4, 0.5) is 0 Å². The summed E-state index contributed by atoms with van der Waals surface area (Å²) in [6.45, 7) is 13.5. The van der Waals surface area contributed by atoms with E-state index in [1.54, 1.807) is 6.20 Å². The maximum Gasteiger partial charge on any atom is 0.236 e. The van der Waals surface area contributed by atoms with Crippen molar-refractivity contribution in [2.45, 2.75) is 33.7 Å². The molecule has 0 spiro atoms. The zero-order chi connectivity index (χ0) is 17.5. The maximum absolute atomic E-state index is 12.9. The van der Waals surface area contributed by atoms with Gasteiger partial charge in [-0.15, -0.1) is 12.4 Å². The van der Waals surface area contributed by atoms with Gasteiger partial charge in [0.05, 0.1) is 6.54 Å². The summed E-state index contributed by atoms with van der Waals surface area (Å²) in [4.78, 5) is 21.5. The maximum atomic E-state index is 12.9. The fourth-order valence-electron chi connectivity index (χ4n) is 3.27. The smallest absolute Gasteiger partial charge is 0.236 e. The summed E-state index contributed by atoms with van der Waals surface area (Å²) in [5, 5.41) is 3.44. The standard InChI is InChI=1S/C19H32N4O.ClH/c1-15(2)12-23(13-16(3)4)19(24)14-22-9-8-21-11-18(22)17-6-5-7-20-10-17;/h5-7,10,15-16,18,21H,8-9,11-14H2,1-4H3;1H. The highest BCUT2D eigenvalue weighted by atomic mass is 35.5. The first-order chi connectivity index (χ1) is 11.5.